The smallest absolute Gasteiger partial charge is 0.122 e. The Labute approximate surface area is 116 Å². The van der Waals surface area contributed by atoms with Crippen molar-refractivity contribution in [3.63, 3.8) is 0 Å². The molecule has 0 fully saturated rings. The van der Waals surface area contributed by atoms with E-state index in [0.29, 0.717) is 13.2 Å². The van der Waals surface area contributed by atoms with E-state index in [4.69, 9.17) is 22.1 Å². The van der Waals surface area contributed by atoms with Crippen molar-refractivity contribution in [2.24, 2.45) is 5.73 Å². The number of nitrogens with two attached hydrogens (primary N) is 1. The van der Waals surface area contributed by atoms with Gasteiger partial charge in [-0.15, -0.1) is 11.3 Å². The molecule has 0 bridgehead atoms. The summed E-state index contributed by atoms with van der Waals surface area (Å²) in [5.41, 5.74) is 6.67. The molecule has 0 spiro atoms. The molecule has 2 rings (SSSR count). The van der Waals surface area contributed by atoms with Crippen LogP contribution in [0.2, 0.25) is 5.02 Å². The van der Waals surface area contributed by atoms with Gasteiger partial charge in [0.2, 0.25) is 0 Å². The summed E-state index contributed by atoms with van der Waals surface area (Å²) in [4.78, 5) is 1.34. The van der Waals surface area contributed by atoms with Gasteiger partial charge in [0.25, 0.3) is 0 Å². The Morgan fingerprint density at radius 2 is 2.11 bits per heavy atom. The van der Waals surface area contributed by atoms with E-state index in [-0.39, 0.29) is 0 Å². The molecule has 1 heterocycles. The second-order valence-electron chi connectivity index (χ2n) is 3.97. The summed E-state index contributed by atoms with van der Waals surface area (Å²) >= 11 is 7.73. The van der Waals surface area contributed by atoms with Crippen LogP contribution >= 0.6 is 22.9 Å². The van der Waals surface area contributed by atoms with Gasteiger partial charge in [0.1, 0.15) is 5.75 Å². The average Bonchev–Trinajstić information content (AvgIpc) is 2.85. The number of ether oxygens (including phenoxy) is 1. The molecule has 1 aromatic carbocycles. The number of thiophene rings is 1. The zero-order valence-corrected chi connectivity index (χ0v) is 11.6. The molecule has 0 aliphatic rings. The lowest BCUT2D eigenvalue weighted by atomic mass is 10.1. The SMILES string of the molecule is NCCc1cc(Cl)ccc1OCCc1cccs1. The van der Waals surface area contributed by atoms with E-state index in [1.807, 2.05) is 18.2 Å². The van der Waals surface area contributed by atoms with E-state index < -0.39 is 0 Å². The van der Waals surface area contributed by atoms with Crippen molar-refractivity contribution in [1.29, 1.82) is 0 Å². The van der Waals surface area contributed by atoms with Gasteiger partial charge in [-0.2, -0.15) is 0 Å². The Morgan fingerprint density at radius 3 is 2.83 bits per heavy atom. The molecule has 0 aliphatic carbocycles. The van der Waals surface area contributed by atoms with Gasteiger partial charge < -0.3 is 10.5 Å². The summed E-state index contributed by atoms with van der Waals surface area (Å²) in [7, 11) is 0. The topological polar surface area (TPSA) is 35.2 Å². The number of benzene rings is 1. The van der Waals surface area contributed by atoms with Crippen LogP contribution in [0.15, 0.2) is 35.7 Å². The van der Waals surface area contributed by atoms with Crippen LogP contribution in [-0.4, -0.2) is 13.2 Å². The number of rotatable bonds is 6. The fourth-order valence-corrected chi connectivity index (χ4v) is 2.64. The number of hydrogen-bond donors (Lipinski definition) is 1. The first kappa shape index (κ1) is 13.4. The lowest BCUT2D eigenvalue weighted by molar-refractivity contribution is 0.319. The summed E-state index contributed by atoms with van der Waals surface area (Å²) < 4.78 is 5.81. The van der Waals surface area contributed by atoms with E-state index in [1.165, 1.54) is 4.88 Å². The molecule has 1 aromatic heterocycles. The maximum absolute atomic E-state index is 5.97. The minimum absolute atomic E-state index is 0.599. The van der Waals surface area contributed by atoms with Gasteiger partial charge in [-0.1, -0.05) is 17.7 Å². The lowest BCUT2D eigenvalue weighted by Gasteiger charge is -2.11. The Balaban J connectivity index is 1.95. The van der Waals surface area contributed by atoms with Crippen molar-refractivity contribution in [3.05, 3.63) is 51.2 Å². The first-order valence-corrected chi connectivity index (χ1v) is 7.19. The summed E-state index contributed by atoms with van der Waals surface area (Å²) in [5, 5.41) is 2.81. The molecule has 0 unspecified atom stereocenters. The monoisotopic (exact) mass is 281 g/mol. The summed E-state index contributed by atoms with van der Waals surface area (Å²) in [5.74, 6) is 0.890. The third-order valence-corrected chi connectivity index (χ3v) is 3.79. The minimum Gasteiger partial charge on any atom is -0.493 e. The second-order valence-corrected chi connectivity index (χ2v) is 5.44. The van der Waals surface area contributed by atoms with Crippen LogP contribution in [0.3, 0.4) is 0 Å². The molecule has 2 aromatic rings. The molecular formula is C14H16ClNOS. The molecular weight excluding hydrogens is 266 g/mol. The van der Waals surface area contributed by atoms with Crippen LogP contribution < -0.4 is 10.5 Å². The second kappa shape index (κ2) is 6.78. The molecule has 0 saturated heterocycles. The Hall–Kier alpha value is -1.03. The first-order valence-electron chi connectivity index (χ1n) is 5.93. The van der Waals surface area contributed by atoms with Crippen molar-refractivity contribution in [2.75, 3.05) is 13.2 Å². The molecule has 0 radical (unpaired) electrons. The van der Waals surface area contributed by atoms with Gasteiger partial charge in [0.05, 0.1) is 6.61 Å². The normalized spacial score (nSPS) is 10.6. The highest BCUT2D eigenvalue weighted by atomic mass is 35.5. The average molecular weight is 282 g/mol. The fraction of sp³-hybridized carbons (Fsp3) is 0.286. The quantitative estimate of drug-likeness (QED) is 0.879. The molecule has 2 N–H and O–H groups in total. The predicted octanol–water partition coefficient (Wildman–Crippen LogP) is 3.52. The Morgan fingerprint density at radius 1 is 1.22 bits per heavy atom. The van der Waals surface area contributed by atoms with E-state index in [0.717, 1.165) is 29.2 Å². The standard InChI is InChI=1S/C14H16ClNOS/c15-12-3-4-14(11(10-12)5-7-16)17-8-6-13-2-1-9-18-13/h1-4,9-10H,5-8,16H2. The molecule has 0 saturated carbocycles. The highest BCUT2D eigenvalue weighted by Gasteiger charge is 2.04. The highest BCUT2D eigenvalue weighted by Crippen LogP contribution is 2.23. The van der Waals surface area contributed by atoms with E-state index >= 15 is 0 Å². The van der Waals surface area contributed by atoms with Crippen LogP contribution in [0.4, 0.5) is 0 Å². The van der Waals surface area contributed by atoms with Crippen LogP contribution in [0, 0.1) is 0 Å². The first-order chi connectivity index (χ1) is 8.79. The van der Waals surface area contributed by atoms with Crippen LogP contribution in [0.5, 0.6) is 5.75 Å². The summed E-state index contributed by atoms with van der Waals surface area (Å²) in [6.45, 7) is 1.28. The molecule has 0 atom stereocenters. The zero-order valence-electron chi connectivity index (χ0n) is 10.1. The van der Waals surface area contributed by atoms with Gasteiger partial charge in [0, 0.05) is 16.3 Å². The summed E-state index contributed by atoms with van der Waals surface area (Å²) in [6.07, 6.45) is 1.72. The van der Waals surface area contributed by atoms with Crippen molar-refractivity contribution in [1.82, 2.24) is 0 Å². The minimum atomic E-state index is 0.599. The molecule has 18 heavy (non-hydrogen) atoms. The van der Waals surface area contributed by atoms with E-state index in [2.05, 4.69) is 17.5 Å². The Kier molecular flexibility index (Phi) is 5.05. The third-order valence-electron chi connectivity index (χ3n) is 2.62. The van der Waals surface area contributed by atoms with Crippen LogP contribution in [0.1, 0.15) is 10.4 Å². The lowest BCUT2D eigenvalue weighted by Crippen LogP contribution is -2.07. The van der Waals surface area contributed by atoms with E-state index in [1.54, 1.807) is 11.3 Å². The Bertz CT molecular complexity index is 485. The molecule has 0 amide bonds. The molecule has 0 aliphatic heterocycles. The highest BCUT2D eigenvalue weighted by molar-refractivity contribution is 7.09. The molecule has 4 heteroatoms. The van der Waals surface area contributed by atoms with Gasteiger partial charge in [-0.25, -0.2) is 0 Å². The zero-order chi connectivity index (χ0) is 12.8. The number of hydrogen-bond acceptors (Lipinski definition) is 3. The maximum atomic E-state index is 5.97. The molecule has 2 nitrogen and oxygen atoms in total. The fourth-order valence-electron chi connectivity index (χ4n) is 1.76. The predicted molar refractivity (Wildman–Crippen MR) is 77.7 cm³/mol. The van der Waals surface area contributed by atoms with Gasteiger partial charge in [-0.3, -0.25) is 0 Å². The third kappa shape index (κ3) is 3.73. The van der Waals surface area contributed by atoms with Gasteiger partial charge in [-0.05, 0) is 48.2 Å². The van der Waals surface area contributed by atoms with Crippen LogP contribution in [0.25, 0.3) is 0 Å². The number of halogens is 1. The largest absolute Gasteiger partial charge is 0.493 e. The maximum Gasteiger partial charge on any atom is 0.122 e. The van der Waals surface area contributed by atoms with Crippen molar-refractivity contribution >= 4 is 22.9 Å². The van der Waals surface area contributed by atoms with Gasteiger partial charge >= 0.3 is 0 Å². The van der Waals surface area contributed by atoms with E-state index in [9.17, 15) is 0 Å². The van der Waals surface area contributed by atoms with Crippen molar-refractivity contribution < 1.29 is 4.74 Å². The van der Waals surface area contributed by atoms with Crippen LogP contribution in [-0.2, 0) is 12.8 Å². The van der Waals surface area contributed by atoms with Gasteiger partial charge in [0.15, 0.2) is 0 Å². The van der Waals surface area contributed by atoms with Crippen molar-refractivity contribution in [2.45, 2.75) is 12.8 Å². The molecule has 96 valence electrons. The van der Waals surface area contributed by atoms with Crippen molar-refractivity contribution in [3.8, 4) is 5.75 Å². The summed E-state index contributed by atoms with van der Waals surface area (Å²) in [6, 6.07) is 9.87.